The lowest BCUT2D eigenvalue weighted by molar-refractivity contribution is -0.121. The average Bonchev–Trinajstić information content (AvgIpc) is 2.64. The molecule has 1 heterocycles. The molecular weight excluding hydrogens is 236 g/mol. The summed E-state index contributed by atoms with van der Waals surface area (Å²) in [5, 5.41) is 28.7. The lowest BCUT2D eigenvalue weighted by Gasteiger charge is -2.13. The van der Waals surface area contributed by atoms with E-state index in [0.717, 1.165) is 11.3 Å². The minimum absolute atomic E-state index is 0.0335. The zero-order valence-corrected chi connectivity index (χ0v) is 8.85. The topological polar surface area (TPSA) is 134 Å². The molecule has 0 aliphatic carbocycles. The van der Waals surface area contributed by atoms with Crippen molar-refractivity contribution in [3.8, 4) is 0 Å². The van der Waals surface area contributed by atoms with Crippen molar-refractivity contribution in [3.05, 3.63) is 16.1 Å². The highest BCUT2D eigenvalue weighted by atomic mass is 32.1. The van der Waals surface area contributed by atoms with Crippen LogP contribution >= 0.6 is 11.3 Å². The summed E-state index contributed by atoms with van der Waals surface area (Å²) in [4.78, 5) is 24.6. The second kappa shape index (κ2) is 5.01. The molecule has 1 aromatic heterocycles. The van der Waals surface area contributed by atoms with E-state index in [9.17, 15) is 19.8 Å². The van der Waals surface area contributed by atoms with Crippen LogP contribution in [0.4, 0.5) is 0 Å². The number of aliphatic hydroxyl groups is 2. The van der Waals surface area contributed by atoms with Crippen molar-refractivity contribution in [2.45, 2.75) is 18.6 Å². The Morgan fingerprint density at radius 3 is 2.56 bits per heavy atom. The molecule has 0 bridgehead atoms. The fourth-order valence-electron chi connectivity index (χ4n) is 1.00. The number of nitrogens with zero attached hydrogens (tertiary/aromatic N) is 1. The van der Waals surface area contributed by atoms with Crippen LogP contribution < -0.4 is 5.73 Å². The van der Waals surface area contributed by atoms with Gasteiger partial charge in [0.05, 0.1) is 12.5 Å². The summed E-state index contributed by atoms with van der Waals surface area (Å²) in [7, 11) is 0. The van der Waals surface area contributed by atoms with Gasteiger partial charge in [-0.1, -0.05) is 0 Å². The molecule has 1 rings (SSSR count). The van der Waals surface area contributed by atoms with Crippen LogP contribution in [-0.4, -0.2) is 38.3 Å². The van der Waals surface area contributed by atoms with Gasteiger partial charge in [-0.05, 0) is 0 Å². The predicted octanol–water partition coefficient (Wildman–Crippen LogP) is -0.889. The Morgan fingerprint density at radius 1 is 1.50 bits per heavy atom. The third-order valence-electron chi connectivity index (χ3n) is 1.77. The smallest absolute Gasteiger partial charge is 0.355 e. The molecule has 16 heavy (non-hydrogen) atoms. The second-order valence-electron chi connectivity index (χ2n) is 3.06. The Kier molecular flexibility index (Phi) is 3.93. The molecule has 0 fully saturated rings. The van der Waals surface area contributed by atoms with Crippen LogP contribution in [0.2, 0.25) is 0 Å². The van der Waals surface area contributed by atoms with Crippen molar-refractivity contribution in [2.75, 3.05) is 0 Å². The average molecular weight is 246 g/mol. The van der Waals surface area contributed by atoms with E-state index in [0.29, 0.717) is 0 Å². The normalized spacial score (nSPS) is 14.4. The summed E-state index contributed by atoms with van der Waals surface area (Å²) in [6.07, 6.45) is -3.21. The molecule has 1 aromatic rings. The Bertz CT molecular complexity index is 405. The fourth-order valence-corrected chi connectivity index (χ4v) is 1.84. The van der Waals surface area contributed by atoms with E-state index in [-0.39, 0.29) is 10.7 Å². The highest BCUT2D eigenvalue weighted by Crippen LogP contribution is 2.22. The van der Waals surface area contributed by atoms with Crippen molar-refractivity contribution < 1.29 is 24.9 Å². The Morgan fingerprint density at radius 2 is 2.12 bits per heavy atom. The molecule has 2 unspecified atom stereocenters. The van der Waals surface area contributed by atoms with Crippen molar-refractivity contribution in [2.24, 2.45) is 5.73 Å². The zero-order valence-electron chi connectivity index (χ0n) is 8.03. The largest absolute Gasteiger partial charge is 0.476 e. The van der Waals surface area contributed by atoms with E-state index in [1.54, 1.807) is 0 Å². The molecule has 7 nitrogen and oxygen atoms in total. The van der Waals surface area contributed by atoms with Crippen LogP contribution in [0.25, 0.3) is 0 Å². The number of carboxylic acids is 1. The molecule has 0 aliphatic heterocycles. The molecule has 0 saturated carbocycles. The molecule has 0 aromatic carbocycles. The SMILES string of the molecule is NC(=O)CC(O)C(O)c1nc(C(=O)O)cs1. The summed E-state index contributed by atoms with van der Waals surface area (Å²) < 4.78 is 0. The number of rotatable bonds is 5. The second-order valence-corrected chi connectivity index (χ2v) is 3.95. The van der Waals surface area contributed by atoms with Crippen molar-refractivity contribution >= 4 is 23.2 Å². The molecule has 0 aliphatic rings. The lowest BCUT2D eigenvalue weighted by atomic mass is 10.1. The van der Waals surface area contributed by atoms with Crippen LogP contribution in [0.3, 0.4) is 0 Å². The molecule has 5 N–H and O–H groups in total. The van der Waals surface area contributed by atoms with Gasteiger partial charge in [-0.25, -0.2) is 9.78 Å². The summed E-state index contributed by atoms with van der Waals surface area (Å²) in [6.45, 7) is 0. The summed E-state index contributed by atoms with van der Waals surface area (Å²) in [5.41, 5.74) is 4.62. The van der Waals surface area contributed by atoms with Gasteiger partial charge in [0.25, 0.3) is 0 Å². The lowest BCUT2D eigenvalue weighted by Crippen LogP contribution is -2.25. The zero-order chi connectivity index (χ0) is 12.3. The van der Waals surface area contributed by atoms with E-state index in [4.69, 9.17) is 10.8 Å². The van der Waals surface area contributed by atoms with Crippen molar-refractivity contribution in [1.82, 2.24) is 4.98 Å². The quantitative estimate of drug-likeness (QED) is 0.532. The van der Waals surface area contributed by atoms with Gasteiger partial charge < -0.3 is 21.1 Å². The van der Waals surface area contributed by atoms with Crippen LogP contribution in [0.5, 0.6) is 0 Å². The summed E-state index contributed by atoms with van der Waals surface area (Å²) in [6, 6.07) is 0. The minimum Gasteiger partial charge on any atom is -0.476 e. The van der Waals surface area contributed by atoms with Gasteiger partial charge in [0.1, 0.15) is 11.1 Å². The maximum Gasteiger partial charge on any atom is 0.355 e. The Balaban J connectivity index is 2.75. The van der Waals surface area contributed by atoms with E-state index in [1.165, 1.54) is 5.38 Å². The summed E-state index contributed by atoms with van der Waals surface area (Å²) >= 11 is 0.887. The van der Waals surface area contributed by atoms with Gasteiger partial charge in [-0.3, -0.25) is 4.79 Å². The number of hydrogen-bond acceptors (Lipinski definition) is 6. The highest BCUT2D eigenvalue weighted by molar-refractivity contribution is 7.09. The number of hydrogen-bond donors (Lipinski definition) is 4. The molecule has 8 heteroatoms. The molecule has 0 saturated heterocycles. The molecule has 88 valence electrons. The maximum absolute atomic E-state index is 10.5. The van der Waals surface area contributed by atoms with Crippen molar-refractivity contribution in [1.29, 1.82) is 0 Å². The van der Waals surface area contributed by atoms with Gasteiger partial charge in [0, 0.05) is 5.38 Å². The Labute approximate surface area is 94.2 Å². The monoisotopic (exact) mass is 246 g/mol. The number of aromatic carboxylic acids is 1. The standard InChI is InChI=1S/C8H10N2O5S/c9-5(12)1-4(11)6(13)7-10-3(2-16-7)8(14)15/h2,4,6,11,13H,1H2,(H2,9,12)(H,14,15). The number of aliphatic hydroxyl groups excluding tert-OH is 2. The molecule has 0 spiro atoms. The van der Waals surface area contributed by atoms with Gasteiger partial charge in [-0.15, -0.1) is 11.3 Å². The number of primary amides is 1. The van der Waals surface area contributed by atoms with Crippen molar-refractivity contribution in [3.63, 3.8) is 0 Å². The minimum atomic E-state index is -1.41. The van der Waals surface area contributed by atoms with Gasteiger partial charge in [0.15, 0.2) is 5.69 Å². The highest BCUT2D eigenvalue weighted by Gasteiger charge is 2.24. The van der Waals surface area contributed by atoms with Gasteiger partial charge in [-0.2, -0.15) is 0 Å². The first-order valence-electron chi connectivity index (χ1n) is 4.25. The fraction of sp³-hybridized carbons (Fsp3) is 0.375. The third kappa shape index (κ3) is 2.99. The first kappa shape index (κ1) is 12.6. The van der Waals surface area contributed by atoms with Gasteiger partial charge >= 0.3 is 5.97 Å². The Hall–Kier alpha value is -1.51. The molecular formula is C8H10N2O5S. The molecule has 2 atom stereocenters. The number of carbonyl (C=O) groups excluding carboxylic acids is 1. The maximum atomic E-state index is 10.5. The first-order valence-corrected chi connectivity index (χ1v) is 5.13. The van der Waals surface area contributed by atoms with E-state index < -0.39 is 30.5 Å². The van der Waals surface area contributed by atoms with Crippen LogP contribution in [0.15, 0.2) is 5.38 Å². The van der Waals surface area contributed by atoms with E-state index >= 15 is 0 Å². The van der Waals surface area contributed by atoms with Crippen LogP contribution in [0, 0.1) is 0 Å². The predicted molar refractivity (Wildman–Crippen MR) is 53.9 cm³/mol. The number of amides is 1. The number of thiazole rings is 1. The number of aromatic nitrogens is 1. The molecule has 0 radical (unpaired) electrons. The van der Waals surface area contributed by atoms with Crippen LogP contribution in [-0.2, 0) is 4.79 Å². The first-order chi connectivity index (χ1) is 7.41. The third-order valence-corrected chi connectivity index (χ3v) is 2.68. The van der Waals surface area contributed by atoms with E-state index in [2.05, 4.69) is 4.98 Å². The van der Waals surface area contributed by atoms with Gasteiger partial charge in [0.2, 0.25) is 5.91 Å². The number of carbonyl (C=O) groups is 2. The van der Waals surface area contributed by atoms with E-state index in [1.807, 2.05) is 0 Å². The summed E-state index contributed by atoms with van der Waals surface area (Å²) in [5.74, 6) is -1.99. The number of nitrogens with two attached hydrogens (primary N) is 1. The number of carboxylic acid groups (broad SMARTS) is 1. The molecule has 1 amide bonds. The van der Waals surface area contributed by atoms with Crippen LogP contribution in [0.1, 0.15) is 28.0 Å².